The van der Waals surface area contributed by atoms with E-state index < -0.39 is 0 Å². The van der Waals surface area contributed by atoms with Crippen LogP contribution in [-0.4, -0.2) is 17.4 Å². The Morgan fingerprint density at radius 3 is 2.47 bits per heavy atom. The Hall–Kier alpha value is -1.85. The van der Waals surface area contributed by atoms with E-state index in [0.29, 0.717) is 6.54 Å². The van der Waals surface area contributed by atoms with Crippen molar-refractivity contribution in [3.63, 3.8) is 0 Å². The van der Waals surface area contributed by atoms with Crippen LogP contribution >= 0.6 is 11.3 Å². The fourth-order valence-corrected chi connectivity index (χ4v) is 2.64. The van der Waals surface area contributed by atoms with Crippen molar-refractivity contribution < 1.29 is 4.79 Å². The fraction of sp³-hybridized carbons (Fsp3) is 0.214. The summed E-state index contributed by atoms with van der Waals surface area (Å²) in [6, 6.07) is 11.7. The lowest BCUT2D eigenvalue weighted by Gasteiger charge is -2.20. The van der Waals surface area contributed by atoms with Crippen molar-refractivity contribution in [3.05, 3.63) is 52.2 Å². The second-order valence-corrected chi connectivity index (χ2v) is 5.46. The number of primary amides is 1. The Kier molecular flexibility index (Phi) is 4.54. The monoisotopic (exact) mass is 275 g/mol. The van der Waals surface area contributed by atoms with Crippen molar-refractivity contribution in [2.24, 2.45) is 5.73 Å². The smallest absolute Gasteiger partial charge is 0.231 e. The number of thiophene rings is 1. The molecule has 0 bridgehead atoms. The minimum atomic E-state index is -0.313. The summed E-state index contributed by atoms with van der Waals surface area (Å²) in [5.41, 5.74) is 12.8. The lowest BCUT2D eigenvalue weighted by molar-refractivity contribution is -0.119. The highest BCUT2D eigenvalue weighted by Gasteiger charge is 2.10. The second-order valence-electron chi connectivity index (χ2n) is 4.43. The van der Waals surface area contributed by atoms with Crippen LogP contribution in [0.5, 0.6) is 0 Å². The van der Waals surface area contributed by atoms with Gasteiger partial charge < -0.3 is 11.5 Å². The molecule has 0 aliphatic heterocycles. The minimum Gasteiger partial charge on any atom is -0.399 e. The number of carbonyl (C=O) groups is 1. The number of nitrogens with two attached hydrogens (primary N) is 2. The topological polar surface area (TPSA) is 72.4 Å². The summed E-state index contributed by atoms with van der Waals surface area (Å²) in [7, 11) is 0. The number of carbonyl (C=O) groups excluding carboxylic acids is 1. The molecule has 0 unspecified atom stereocenters. The molecule has 4 N–H and O–H groups in total. The number of nitrogen functional groups attached to an aromatic ring is 1. The molecule has 0 fully saturated rings. The number of anilines is 1. The molecule has 1 amide bonds. The quantitative estimate of drug-likeness (QED) is 0.790. The van der Waals surface area contributed by atoms with E-state index in [0.717, 1.165) is 17.8 Å². The summed E-state index contributed by atoms with van der Waals surface area (Å²) < 4.78 is 0. The maximum absolute atomic E-state index is 11.1. The highest BCUT2D eigenvalue weighted by molar-refractivity contribution is 7.09. The molecule has 0 aliphatic rings. The predicted octanol–water partition coefficient (Wildman–Crippen LogP) is 1.82. The first-order valence-corrected chi connectivity index (χ1v) is 6.89. The summed E-state index contributed by atoms with van der Waals surface area (Å²) in [4.78, 5) is 14.4. The van der Waals surface area contributed by atoms with E-state index in [4.69, 9.17) is 11.5 Å². The first-order chi connectivity index (χ1) is 9.13. The molecule has 0 saturated carbocycles. The molecule has 1 heterocycles. The Labute approximate surface area is 116 Å². The molecule has 0 saturated heterocycles. The third-order valence-electron chi connectivity index (χ3n) is 2.72. The van der Waals surface area contributed by atoms with Crippen molar-refractivity contribution >= 4 is 22.9 Å². The van der Waals surface area contributed by atoms with Crippen molar-refractivity contribution in [2.75, 3.05) is 12.3 Å². The molecule has 100 valence electrons. The predicted molar refractivity (Wildman–Crippen MR) is 78.5 cm³/mol. The SMILES string of the molecule is NC(=O)CN(Cc1ccc(N)cc1)Cc1cccs1. The van der Waals surface area contributed by atoms with Gasteiger partial charge >= 0.3 is 0 Å². The fourth-order valence-electron chi connectivity index (χ4n) is 1.89. The van der Waals surface area contributed by atoms with Crippen LogP contribution < -0.4 is 11.5 Å². The van der Waals surface area contributed by atoms with Crippen molar-refractivity contribution in [1.29, 1.82) is 0 Å². The van der Waals surface area contributed by atoms with E-state index >= 15 is 0 Å². The minimum absolute atomic E-state index is 0.252. The molecule has 0 spiro atoms. The maximum atomic E-state index is 11.1. The molecule has 19 heavy (non-hydrogen) atoms. The van der Waals surface area contributed by atoms with Crippen LogP contribution in [0.2, 0.25) is 0 Å². The molecule has 0 atom stereocenters. The van der Waals surface area contributed by atoms with Crippen LogP contribution in [0.4, 0.5) is 5.69 Å². The van der Waals surface area contributed by atoms with E-state index in [9.17, 15) is 4.79 Å². The average molecular weight is 275 g/mol. The Morgan fingerprint density at radius 2 is 1.89 bits per heavy atom. The number of nitrogens with zero attached hydrogens (tertiary/aromatic N) is 1. The van der Waals surface area contributed by atoms with Crippen molar-refractivity contribution in [1.82, 2.24) is 4.90 Å². The average Bonchev–Trinajstić information content (AvgIpc) is 2.84. The summed E-state index contributed by atoms with van der Waals surface area (Å²) >= 11 is 1.68. The van der Waals surface area contributed by atoms with Gasteiger partial charge in [0.2, 0.25) is 5.91 Å². The molecule has 1 aromatic carbocycles. The van der Waals surface area contributed by atoms with Crippen LogP contribution in [0, 0.1) is 0 Å². The zero-order valence-electron chi connectivity index (χ0n) is 10.6. The molecule has 5 heteroatoms. The highest BCUT2D eigenvalue weighted by Crippen LogP contribution is 2.15. The van der Waals surface area contributed by atoms with Gasteiger partial charge in [-0.15, -0.1) is 11.3 Å². The van der Waals surface area contributed by atoms with Gasteiger partial charge in [0.15, 0.2) is 0 Å². The Bertz CT molecular complexity index is 522. The first kappa shape index (κ1) is 13.6. The van der Waals surface area contributed by atoms with Gasteiger partial charge in [-0.1, -0.05) is 18.2 Å². The van der Waals surface area contributed by atoms with E-state index in [1.807, 2.05) is 40.6 Å². The van der Waals surface area contributed by atoms with E-state index in [2.05, 4.69) is 6.07 Å². The van der Waals surface area contributed by atoms with Crippen LogP contribution in [0.1, 0.15) is 10.4 Å². The third-order valence-corrected chi connectivity index (χ3v) is 3.59. The number of benzene rings is 1. The zero-order chi connectivity index (χ0) is 13.7. The molecule has 4 nitrogen and oxygen atoms in total. The lowest BCUT2D eigenvalue weighted by Crippen LogP contribution is -2.32. The molecule has 2 aromatic rings. The largest absolute Gasteiger partial charge is 0.399 e. The summed E-state index contributed by atoms with van der Waals surface area (Å²) in [6.45, 7) is 1.66. The number of hydrogen-bond acceptors (Lipinski definition) is 4. The molecule has 2 rings (SSSR count). The van der Waals surface area contributed by atoms with Crippen molar-refractivity contribution in [3.8, 4) is 0 Å². The highest BCUT2D eigenvalue weighted by atomic mass is 32.1. The Balaban J connectivity index is 2.04. The van der Waals surface area contributed by atoms with Gasteiger partial charge in [0.05, 0.1) is 6.54 Å². The second kappa shape index (κ2) is 6.36. The van der Waals surface area contributed by atoms with E-state index in [-0.39, 0.29) is 12.5 Å². The van der Waals surface area contributed by atoms with Gasteiger partial charge in [-0.05, 0) is 29.1 Å². The summed E-state index contributed by atoms with van der Waals surface area (Å²) in [5, 5.41) is 2.03. The molecular formula is C14H17N3OS. The number of hydrogen-bond donors (Lipinski definition) is 2. The molecule has 0 aliphatic carbocycles. The van der Waals surface area contributed by atoms with Crippen LogP contribution in [-0.2, 0) is 17.9 Å². The number of amides is 1. The standard InChI is InChI=1S/C14H17N3OS/c15-12-5-3-11(4-6-12)8-17(10-14(16)18)9-13-2-1-7-19-13/h1-7H,8-10,15H2,(H2,16,18). The van der Waals surface area contributed by atoms with E-state index in [1.54, 1.807) is 11.3 Å². The van der Waals surface area contributed by atoms with Crippen LogP contribution in [0.3, 0.4) is 0 Å². The first-order valence-electron chi connectivity index (χ1n) is 6.01. The number of rotatable bonds is 6. The van der Waals surface area contributed by atoms with Gasteiger partial charge in [0, 0.05) is 23.7 Å². The third kappa shape index (κ3) is 4.39. The lowest BCUT2D eigenvalue weighted by atomic mass is 10.2. The molecular weight excluding hydrogens is 258 g/mol. The van der Waals surface area contributed by atoms with Crippen LogP contribution in [0.15, 0.2) is 41.8 Å². The summed E-state index contributed by atoms with van der Waals surface area (Å²) in [5.74, 6) is -0.313. The Morgan fingerprint density at radius 1 is 1.16 bits per heavy atom. The normalized spacial score (nSPS) is 10.8. The van der Waals surface area contributed by atoms with Gasteiger partial charge in [-0.3, -0.25) is 9.69 Å². The zero-order valence-corrected chi connectivity index (χ0v) is 11.4. The van der Waals surface area contributed by atoms with Gasteiger partial charge in [-0.25, -0.2) is 0 Å². The molecule has 0 radical (unpaired) electrons. The van der Waals surface area contributed by atoms with Gasteiger partial charge in [0.1, 0.15) is 0 Å². The maximum Gasteiger partial charge on any atom is 0.231 e. The van der Waals surface area contributed by atoms with Gasteiger partial charge in [0.25, 0.3) is 0 Å². The van der Waals surface area contributed by atoms with E-state index in [1.165, 1.54) is 4.88 Å². The van der Waals surface area contributed by atoms with Crippen LogP contribution in [0.25, 0.3) is 0 Å². The molecule has 1 aromatic heterocycles. The summed E-state index contributed by atoms with van der Waals surface area (Å²) in [6.07, 6.45) is 0. The van der Waals surface area contributed by atoms with Gasteiger partial charge in [-0.2, -0.15) is 0 Å². The van der Waals surface area contributed by atoms with Crippen molar-refractivity contribution in [2.45, 2.75) is 13.1 Å².